The van der Waals surface area contributed by atoms with Crippen LogP contribution in [0.5, 0.6) is 0 Å². The van der Waals surface area contributed by atoms with Gasteiger partial charge in [0, 0.05) is 5.75 Å². The Bertz CT molecular complexity index is 267. The third-order valence-electron chi connectivity index (χ3n) is 1.32. The number of benzene rings is 1. The molecule has 0 heterocycles. The van der Waals surface area contributed by atoms with Crippen LogP contribution in [0.2, 0.25) is 0 Å². The minimum atomic E-state index is -0.309. The third kappa shape index (κ3) is 2.45. The molecule has 0 bridgehead atoms. The van der Waals surface area contributed by atoms with Crippen LogP contribution >= 0.6 is 11.9 Å². The van der Waals surface area contributed by atoms with Gasteiger partial charge in [-0.05, 0) is 12.1 Å². The average molecular weight is 181 g/mol. The predicted molar refractivity (Wildman–Crippen MR) is 53.5 cm³/mol. The molecule has 1 nitrogen and oxygen atoms in total. The van der Waals surface area contributed by atoms with E-state index in [1.165, 1.54) is 18.0 Å². The molecule has 12 heavy (non-hydrogen) atoms. The second-order valence-corrected chi connectivity index (χ2v) is 3.34. The van der Waals surface area contributed by atoms with Gasteiger partial charge >= 0.3 is 0 Å². The molecule has 0 unspecified atom stereocenters. The molecule has 62 valence electrons. The average Bonchev–Trinajstić information content (AvgIpc) is 2.03. The molecule has 0 spiro atoms. The van der Waals surface area contributed by atoms with Crippen molar-refractivity contribution in [2.45, 2.75) is 6.92 Å². The number of anilines is 1. The molecular weight excluding hydrogens is 172 g/mol. The Hall–Kier alpha value is -0.635. The summed E-state index contributed by atoms with van der Waals surface area (Å²) < 4.78 is 15.9. The number of rotatable bonds is 3. The van der Waals surface area contributed by atoms with Crippen molar-refractivity contribution in [2.24, 2.45) is 0 Å². The summed E-state index contributed by atoms with van der Waals surface area (Å²) in [5, 5.41) is 0. The Kier molecular flexibility index (Phi) is 3.47. The first kappa shape index (κ1) is 9.45. The van der Waals surface area contributed by atoms with Gasteiger partial charge < -0.3 is 4.72 Å². The Morgan fingerprint density at radius 3 is 2.92 bits per heavy atom. The minimum Gasteiger partial charge on any atom is -0.327 e. The van der Waals surface area contributed by atoms with Crippen LogP contribution in [0.15, 0.2) is 18.2 Å². The van der Waals surface area contributed by atoms with E-state index >= 15 is 0 Å². The van der Waals surface area contributed by atoms with Gasteiger partial charge in [0.2, 0.25) is 0 Å². The summed E-state index contributed by atoms with van der Waals surface area (Å²) >= 11 is 1.45. The lowest BCUT2D eigenvalue weighted by molar-refractivity contribution is 0.633. The van der Waals surface area contributed by atoms with Crippen molar-refractivity contribution in [3.8, 4) is 0 Å². The van der Waals surface area contributed by atoms with Crippen molar-refractivity contribution in [1.82, 2.24) is 0 Å². The molecule has 0 fully saturated rings. The van der Waals surface area contributed by atoms with E-state index in [4.69, 9.17) is 7.85 Å². The molecule has 0 amide bonds. The molecular formula is C8H9BFNS. The van der Waals surface area contributed by atoms with Crippen molar-refractivity contribution < 1.29 is 4.39 Å². The van der Waals surface area contributed by atoms with Crippen molar-refractivity contribution >= 4 is 30.9 Å². The molecule has 0 aliphatic carbocycles. The van der Waals surface area contributed by atoms with Gasteiger partial charge in [-0.3, -0.25) is 0 Å². The molecule has 0 saturated heterocycles. The summed E-state index contributed by atoms with van der Waals surface area (Å²) in [4.78, 5) is 0. The lowest BCUT2D eigenvalue weighted by Gasteiger charge is -2.05. The highest BCUT2D eigenvalue weighted by molar-refractivity contribution is 8.00. The van der Waals surface area contributed by atoms with Crippen LogP contribution in [-0.4, -0.2) is 13.6 Å². The van der Waals surface area contributed by atoms with Gasteiger partial charge in [-0.1, -0.05) is 30.4 Å². The molecule has 0 aliphatic rings. The fourth-order valence-corrected chi connectivity index (χ4v) is 1.23. The lowest BCUT2D eigenvalue weighted by Crippen LogP contribution is -2.03. The Morgan fingerprint density at radius 1 is 1.58 bits per heavy atom. The molecule has 0 saturated carbocycles. The molecule has 4 heteroatoms. The Morgan fingerprint density at radius 2 is 2.33 bits per heavy atom. The minimum absolute atomic E-state index is 0.309. The van der Waals surface area contributed by atoms with Crippen LogP contribution in [0.25, 0.3) is 0 Å². The maximum absolute atomic E-state index is 13.0. The van der Waals surface area contributed by atoms with E-state index in [1.807, 2.05) is 6.92 Å². The summed E-state index contributed by atoms with van der Waals surface area (Å²) in [5.41, 5.74) is 0.926. The van der Waals surface area contributed by atoms with Crippen molar-refractivity contribution in [2.75, 3.05) is 10.5 Å². The molecule has 1 aromatic carbocycles. The Balaban J connectivity index is 2.72. The highest BCUT2D eigenvalue weighted by Crippen LogP contribution is 2.15. The molecule has 0 aromatic heterocycles. The second-order valence-electron chi connectivity index (χ2n) is 2.27. The summed E-state index contributed by atoms with van der Waals surface area (Å²) in [6.45, 7) is 1.99. The van der Waals surface area contributed by atoms with Gasteiger partial charge in [0.25, 0.3) is 0 Å². The first-order valence-electron chi connectivity index (χ1n) is 3.67. The van der Waals surface area contributed by atoms with E-state index in [-0.39, 0.29) is 5.82 Å². The first-order valence-corrected chi connectivity index (χ1v) is 4.65. The van der Waals surface area contributed by atoms with E-state index in [2.05, 4.69) is 4.72 Å². The van der Waals surface area contributed by atoms with Crippen LogP contribution in [0.1, 0.15) is 6.92 Å². The number of halogens is 1. The monoisotopic (exact) mass is 181 g/mol. The quantitative estimate of drug-likeness (QED) is 0.562. The van der Waals surface area contributed by atoms with Crippen molar-refractivity contribution in [1.29, 1.82) is 0 Å². The van der Waals surface area contributed by atoms with Gasteiger partial charge in [-0.15, -0.1) is 0 Å². The zero-order chi connectivity index (χ0) is 8.97. The summed E-state index contributed by atoms with van der Waals surface area (Å²) in [7, 11) is 5.38. The SMILES string of the molecule is [B]c1ccc(NSCC)c(F)c1. The van der Waals surface area contributed by atoms with Gasteiger partial charge in [-0.2, -0.15) is 0 Å². The highest BCUT2D eigenvalue weighted by Gasteiger charge is 1.99. The molecule has 1 N–H and O–H groups in total. The van der Waals surface area contributed by atoms with Gasteiger partial charge in [0.1, 0.15) is 13.7 Å². The maximum atomic E-state index is 13.0. The zero-order valence-corrected chi connectivity index (χ0v) is 7.62. The second kappa shape index (κ2) is 4.41. The summed E-state index contributed by atoms with van der Waals surface area (Å²) in [6.07, 6.45) is 0. The largest absolute Gasteiger partial charge is 0.327 e. The lowest BCUT2D eigenvalue weighted by atomic mass is 9.96. The fraction of sp³-hybridized carbons (Fsp3) is 0.250. The zero-order valence-electron chi connectivity index (χ0n) is 6.80. The van der Waals surface area contributed by atoms with E-state index < -0.39 is 0 Å². The van der Waals surface area contributed by atoms with Crippen LogP contribution < -0.4 is 10.2 Å². The van der Waals surface area contributed by atoms with Crippen LogP contribution in [0.4, 0.5) is 10.1 Å². The highest BCUT2D eigenvalue weighted by atomic mass is 32.2. The van der Waals surface area contributed by atoms with E-state index in [1.54, 1.807) is 12.1 Å². The smallest absolute Gasteiger partial charge is 0.146 e. The number of nitrogens with one attached hydrogen (secondary N) is 1. The third-order valence-corrected chi connectivity index (χ3v) is 1.97. The molecule has 2 radical (unpaired) electrons. The van der Waals surface area contributed by atoms with Crippen LogP contribution in [-0.2, 0) is 0 Å². The normalized spacial score (nSPS) is 9.83. The van der Waals surface area contributed by atoms with Crippen molar-refractivity contribution in [3.63, 3.8) is 0 Å². The Labute approximate surface area is 77.3 Å². The predicted octanol–water partition coefficient (Wildman–Crippen LogP) is 1.70. The van der Waals surface area contributed by atoms with Crippen LogP contribution in [0, 0.1) is 5.82 Å². The van der Waals surface area contributed by atoms with Crippen molar-refractivity contribution in [3.05, 3.63) is 24.0 Å². The van der Waals surface area contributed by atoms with Gasteiger partial charge in [0.05, 0.1) is 5.69 Å². The molecule has 1 aromatic rings. The van der Waals surface area contributed by atoms with E-state index in [9.17, 15) is 4.39 Å². The summed E-state index contributed by atoms with van der Waals surface area (Å²) in [6, 6.07) is 4.60. The van der Waals surface area contributed by atoms with E-state index in [0.29, 0.717) is 11.2 Å². The standard InChI is InChI=1S/C8H9BFNS/c1-2-12-11-8-4-3-6(9)5-7(8)10/h3-5,11H,2H2,1H3. The molecule has 0 aliphatic heterocycles. The maximum Gasteiger partial charge on any atom is 0.146 e. The topological polar surface area (TPSA) is 12.0 Å². The summed E-state index contributed by atoms with van der Waals surface area (Å²) in [5.74, 6) is 0.583. The number of hydrogen-bond donors (Lipinski definition) is 1. The fourth-order valence-electron chi connectivity index (χ4n) is 0.764. The van der Waals surface area contributed by atoms with E-state index in [0.717, 1.165) is 5.75 Å². The molecule has 1 rings (SSSR count). The number of hydrogen-bond acceptors (Lipinski definition) is 2. The van der Waals surface area contributed by atoms with Gasteiger partial charge in [0.15, 0.2) is 0 Å². The van der Waals surface area contributed by atoms with Crippen LogP contribution in [0.3, 0.4) is 0 Å². The first-order chi connectivity index (χ1) is 5.74. The molecule has 0 atom stereocenters. The van der Waals surface area contributed by atoms with Gasteiger partial charge in [-0.25, -0.2) is 4.39 Å².